The number of hydrogen-bond acceptors (Lipinski definition) is 4. The molecule has 2 heterocycles. The molecule has 0 aliphatic carbocycles. The highest BCUT2D eigenvalue weighted by Gasteiger charge is 2.13. The lowest BCUT2D eigenvalue weighted by Crippen LogP contribution is -2.36. The first-order valence-corrected chi connectivity index (χ1v) is 4.52. The lowest BCUT2D eigenvalue weighted by molar-refractivity contribution is 0.122. The van der Waals surface area contributed by atoms with E-state index < -0.39 is 5.95 Å². The van der Waals surface area contributed by atoms with Crippen LogP contribution in [0.3, 0.4) is 0 Å². The largest absolute Gasteiger partial charge is 0.395 e. The number of halogens is 1. The molecule has 14 heavy (non-hydrogen) atoms. The molecule has 1 fully saturated rings. The van der Waals surface area contributed by atoms with Gasteiger partial charge in [-0.2, -0.15) is 4.39 Å². The van der Waals surface area contributed by atoms with E-state index in [-0.39, 0.29) is 5.69 Å². The highest BCUT2D eigenvalue weighted by molar-refractivity contribution is 5.46. The summed E-state index contributed by atoms with van der Waals surface area (Å²) in [6.45, 7) is 2.81. The van der Waals surface area contributed by atoms with Crippen molar-refractivity contribution in [2.75, 3.05) is 36.9 Å². The first-order chi connectivity index (χ1) is 6.77. The van der Waals surface area contributed by atoms with Gasteiger partial charge in [0, 0.05) is 13.1 Å². The van der Waals surface area contributed by atoms with Crippen molar-refractivity contribution in [3.63, 3.8) is 0 Å². The van der Waals surface area contributed by atoms with E-state index in [1.807, 2.05) is 4.90 Å². The van der Waals surface area contributed by atoms with Crippen LogP contribution in [0.2, 0.25) is 0 Å². The fourth-order valence-corrected chi connectivity index (χ4v) is 1.40. The molecule has 0 saturated carbocycles. The van der Waals surface area contributed by atoms with Gasteiger partial charge in [0.15, 0.2) is 0 Å². The van der Waals surface area contributed by atoms with E-state index in [9.17, 15) is 4.39 Å². The van der Waals surface area contributed by atoms with Crippen molar-refractivity contribution < 1.29 is 9.13 Å². The molecule has 5 heteroatoms. The normalized spacial score (nSPS) is 17.1. The second-order valence-electron chi connectivity index (χ2n) is 3.15. The van der Waals surface area contributed by atoms with Crippen molar-refractivity contribution in [1.29, 1.82) is 0 Å². The predicted molar refractivity (Wildman–Crippen MR) is 51.6 cm³/mol. The average molecular weight is 197 g/mol. The summed E-state index contributed by atoms with van der Waals surface area (Å²) in [4.78, 5) is 5.75. The Bertz CT molecular complexity index is 326. The van der Waals surface area contributed by atoms with Gasteiger partial charge in [0.1, 0.15) is 5.82 Å². The summed E-state index contributed by atoms with van der Waals surface area (Å²) in [6.07, 6.45) is 0. The van der Waals surface area contributed by atoms with Gasteiger partial charge in [-0.15, -0.1) is 0 Å². The summed E-state index contributed by atoms with van der Waals surface area (Å²) >= 11 is 0. The molecule has 1 aliphatic rings. The molecular weight excluding hydrogens is 185 g/mol. The summed E-state index contributed by atoms with van der Waals surface area (Å²) in [6, 6.07) is 3.26. The Balaban J connectivity index is 2.18. The lowest BCUT2D eigenvalue weighted by atomic mass is 10.3. The number of hydrogen-bond donors (Lipinski definition) is 1. The van der Waals surface area contributed by atoms with E-state index in [0.717, 1.165) is 13.1 Å². The topological polar surface area (TPSA) is 51.4 Å². The van der Waals surface area contributed by atoms with Gasteiger partial charge in [-0.1, -0.05) is 0 Å². The number of aromatic nitrogens is 1. The number of rotatable bonds is 1. The van der Waals surface area contributed by atoms with Gasteiger partial charge >= 0.3 is 0 Å². The van der Waals surface area contributed by atoms with Gasteiger partial charge < -0.3 is 15.4 Å². The van der Waals surface area contributed by atoms with Gasteiger partial charge in [0.2, 0.25) is 5.95 Å². The molecular formula is C9H12FN3O. The van der Waals surface area contributed by atoms with Crippen LogP contribution >= 0.6 is 0 Å². The van der Waals surface area contributed by atoms with Crippen LogP contribution in [0.1, 0.15) is 0 Å². The monoisotopic (exact) mass is 197 g/mol. The molecule has 1 aromatic heterocycles. The number of nitrogen functional groups attached to an aromatic ring is 1. The maximum Gasteiger partial charge on any atom is 0.237 e. The van der Waals surface area contributed by atoms with Gasteiger partial charge in [-0.25, -0.2) is 4.98 Å². The first-order valence-electron chi connectivity index (χ1n) is 4.52. The van der Waals surface area contributed by atoms with Crippen LogP contribution in [-0.4, -0.2) is 31.3 Å². The van der Waals surface area contributed by atoms with Crippen LogP contribution in [0.25, 0.3) is 0 Å². The summed E-state index contributed by atoms with van der Waals surface area (Å²) in [7, 11) is 0. The van der Waals surface area contributed by atoms with Crippen LogP contribution < -0.4 is 10.6 Å². The van der Waals surface area contributed by atoms with Gasteiger partial charge in [-0.3, -0.25) is 0 Å². The second kappa shape index (κ2) is 3.79. The van der Waals surface area contributed by atoms with Crippen LogP contribution in [0.15, 0.2) is 12.1 Å². The van der Waals surface area contributed by atoms with Crippen LogP contribution in [0.5, 0.6) is 0 Å². The summed E-state index contributed by atoms with van der Waals surface area (Å²) < 4.78 is 18.2. The predicted octanol–water partition coefficient (Wildman–Crippen LogP) is 0.639. The van der Waals surface area contributed by atoms with Crippen molar-refractivity contribution >= 4 is 11.5 Å². The molecule has 1 saturated heterocycles. The van der Waals surface area contributed by atoms with E-state index in [1.54, 1.807) is 6.07 Å². The highest BCUT2D eigenvalue weighted by Crippen LogP contribution is 2.16. The Morgan fingerprint density at radius 3 is 2.71 bits per heavy atom. The Morgan fingerprint density at radius 2 is 2.07 bits per heavy atom. The number of morpholine rings is 1. The van der Waals surface area contributed by atoms with E-state index in [0.29, 0.717) is 19.0 Å². The van der Waals surface area contributed by atoms with Crippen LogP contribution in [0.4, 0.5) is 15.9 Å². The molecule has 2 rings (SSSR count). The zero-order valence-corrected chi connectivity index (χ0v) is 7.74. The number of pyridine rings is 1. The van der Waals surface area contributed by atoms with E-state index >= 15 is 0 Å². The van der Waals surface area contributed by atoms with Crippen LogP contribution in [0, 0.1) is 5.95 Å². The van der Waals surface area contributed by atoms with Crippen molar-refractivity contribution in [2.45, 2.75) is 0 Å². The van der Waals surface area contributed by atoms with E-state index in [2.05, 4.69) is 4.98 Å². The lowest BCUT2D eigenvalue weighted by Gasteiger charge is -2.27. The van der Waals surface area contributed by atoms with Crippen molar-refractivity contribution in [3.8, 4) is 0 Å². The maximum atomic E-state index is 13.0. The number of nitrogens with two attached hydrogens (primary N) is 1. The summed E-state index contributed by atoms with van der Waals surface area (Å²) in [5.41, 5.74) is 5.42. The smallest absolute Gasteiger partial charge is 0.237 e. The molecule has 0 amide bonds. The van der Waals surface area contributed by atoms with Gasteiger partial charge in [0.05, 0.1) is 18.9 Å². The molecule has 1 aromatic rings. The van der Waals surface area contributed by atoms with Crippen LogP contribution in [-0.2, 0) is 4.74 Å². The number of ether oxygens (including phenoxy) is 1. The fraction of sp³-hybridized carbons (Fsp3) is 0.444. The molecule has 1 aliphatic heterocycles. The van der Waals surface area contributed by atoms with E-state index in [1.165, 1.54) is 6.07 Å². The molecule has 0 unspecified atom stereocenters. The average Bonchev–Trinajstić information content (AvgIpc) is 2.23. The van der Waals surface area contributed by atoms with E-state index in [4.69, 9.17) is 10.5 Å². The Kier molecular flexibility index (Phi) is 2.49. The molecule has 0 aromatic carbocycles. The Morgan fingerprint density at radius 1 is 1.36 bits per heavy atom. The third-order valence-electron chi connectivity index (χ3n) is 2.20. The van der Waals surface area contributed by atoms with Crippen molar-refractivity contribution in [2.24, 2.45) is 0 Å². The standard InChI is InChI=1S/C9H12FN3O/c10-9-7(11)1-2-8(12-9)13-3-5-14-6-4-13/h1-2H,3-6,11H2. The zero-order valence-electron chi connectivity index (χ0n) is 7.74. The molecule has 0 atom stereocenters. The van der Waals surface area contributed by atoms with Crippen molar-refractivity contribution in [1.82, 2.24) is 4.98 Å². The minimum atomic E-state index is -0.603. The Labute approximate surface area is 81.5 Å². The fourth-order valence-electron chi connectivity index (χ4n) is 1.40. The molecule has 0 bridgehead atoms. The molecule has 2 N–H and O–H groups in total. The third kappa shape index (κ3) is 1.77. The SMILES string of the molecule is Nc1ccc(N2CCOCC2)nc1F. The maximum absolute atomic E-state index is 13.0. The van der Waals surface area contributed by atoms with Crippen molar-refractivity contribution in [3.05, 3.63) is 18.1 Å². The van der Waals surface area contributed by atoms with Gasteiger partial charge in [-0.05, 0) is 12.1 Å². The minimum absolute atomic E-state index is 0.0852. The zero-order chi connectivity index (χ0) is 9.97. The minimum Gasteiger partial charge on any atom is -0.395 e. The summed E-state index contributed by atoms with van der Waals surface area (Å²) in [5, 5.41) is 0. The molecule has 76 valence electrons. The Hall–Kier alpha value is -1.36. The summed E-state index contributed by atoms with van der Waals surface area (Å²) in [5.74, 6) is 0.0222. The molecule has 4 nitrogen and oxygen atoms in total. The van der Waals surface area contributed by atoms with Gasteiger partial charge in [0.25, 0.3) is 0 Å². The number of nitrogens with zero attached hydrogens (tertiary/aromatic N) is 2. The first kappa shape index (κ1) is 9.21. The quantitative estimate of drug-likeness (QED) is 0.671. The number of anilines is 2. The third-order valence-corrected chi connectivity index (χ3v) is 2.20. The molecule has 0 radical (unpaired) electrons. The highest BCUT2D eigenvalue weighted by atomic mass is 19.1. The second-order valence-corrected chi connectivity index (χ2v) is 3.15. The molecule has 0 spiro atoms.